The minimum absolute atomic E-state index is 0.106. The van der Waals surface area contributed by atoms with Crippen LogP contribution >= 0.6 is 0 Å². The van der Waals surface area contributed by atoms with Gasteiger partial charge in [-0.1, -0.05) is 0 Å². The van der Waals surface area contributed by atoms with E-state index in [4.69, 9.17) is 9.47 Å². The van der Waals surface area contributed by atoms with Gasteiger partial charge in [-0.3, -0.25) is 5.32 Å². The van der Waals surface area contributed by atoms with Crippen LogP contribution in [0.1, 0.15) is 33.6 Å². The maximum atomic E-state index is 13.5. The van der Waals surface area contributed by atoms with Gasteiger partial charge in [0.25, 0.3) is 0 Å². The van der Waals surface area contributed by atoms with Crippen LogP contribution in [0.2, 0.25) is 0 Å². The first-order valence-electron chi connectivity index (χ1n) is 7.47. The van der Waals surface area contributed by atoms with Gasteiger partial charge in [0, 0.05) is 12.6 Å². The van der Waals surface area contributed by atoms with Gasteiger partial charge in [-0.05, 0) is 51.8 Å². The molecule has 1 unspecified atom stereocenters. The Kier molecular flexibility index (Phi) is 5.24. The number of carbonyl (C=O) groups is 1. The molecule has 1 saturated heterocycles. The second kappa shape index (κ2) is 6.96. The van der Waals surface area contributed by atoms with Crippen LogP contribution in [0, 0.1) is 5.82 Å². The van der Waals surface area contributed by atoms with E-state index < -0.39 is 11.7 Å². The van der Waals surface area contributed by atoms with Crippen LogP contribution in [-0.2, 0) is 9.47 Å². The Balaban J connectivity index is 2.08. The van der Waals surface area contributed by atoms with Gasteiger partial charge in [0.2, 0.25) is 0 Å². The number of nitrogens with one attached hydrogen (secondary N) is 2. The van der Waals surface area contributed by atoms with Crippen LogP contribution in [0.4, 0.5) is 20.6 Å². The van der Waals surface area contributed by atoms with E-state index in [-0.39, 0.29) is 11.9 Å². The molecule has 2 N–H and O–H groups in total. The molecule has 2 rings (SSSR count). The van der Waals surface area contributed by atoms with Crippen molar-refractivity contribution in [3.8, 4) is 0 Å². The summed E-state index contributed by atoms with van der Waals surface area (Å²) in [7, 11) is 0. The molecule has 22 heavy (non-hydrogen) atoms. The Morgan fingerprint density at radius 1 is 1.36 bits per heavy atom. The lowest BCUT2D eigenvalue weighted by Gasteiger charge is -2.26. The summed E-state index contributed by atoms with van der Waals surface area (Å²) in [6.07, 6.45) is 1.34. The van der Waals surface area contributed by atoms with Crippen molar-refractivity contribution in [3.63, 3.8) is 0 Å². The van der Waals surface area contributed by atoms with Crippen molar-refractivity contribution in [3.05, 3.63) is 24.0 Å². The largest absolute Gasteiger partial charge is 0.444 e. The molecule has 6 heteroatoms. The quantitative estimate of drug-likeness (QED) is 0.892. The predicted octanol–water partition coefficient (Wildman–Crippen LogP) is 3.76. The molecule has 1 fully saturated rings. The van der Waals surface area contributed by atoms with E-state index in [1.54, 1.807) is 20.8 Å². The second-order valence-corrected chi connectivity index (χ2v) is 6.38. The zero-order chi connectivity index (χ0) is 16.2. The van der Waals surface area contributed by atoms with Gasteiger partial charge in [-0.25, -0.2) is 9.18 Å². The molecule has 0 saturated carbocycles. The third-order valence-corrected chi connectivity index (χ3v) is 3.14. The summed E-state index contributed by atoms with van der Waals surface area (Å²) in [6.45, 7) is 6.69. The number of benzene rings is 1. The first-order valence-corrected chi connectivity index (χ1v) is 7.47. The van der Waals surface area contributed by atoms with Crippen LogP contribution < -0.4 is 10.6 Å². The van der Waals surface area contributed by atoms with Gasteiger partial charge < -0.3 is 14.8 Å². The van der Waals surface area contributed by atoms with Crippen molar-refractivity contribution in [2.45, 2.75) is 45.3 Å². The van der Waals surface area contributed by atoms with E-state index in [9.17, 15) is 9.18 Å². The van der Waals surface area contributed by atoms with Crippen LogP contribution in [0.5, 0.6) is 0 Å². The number of amides is 1. The Bertz CT molecular complexity index is 523. The van der Waals surface area contributed by atoms with Gasteiger partial charge >= 0.3 is 6.09 Å². The average Bonchev–Trinajstić information content (AvgIpc) is 2.41. The fourth-order valence-corrected chi connectivity index (χ4v) is 2.23. The highest BCUT2D eigenvalue weighted by Crippen LogP contribution is 2.26. The maximum absolute atomic E-state index is 13.5. The topological polar surface area (TPSA) is 59.6 Å². The molecule has 5 nitrogen and oxygen atoms in total. The average molecular weight is 310 g/mol. The molecule has 0 spiro atoms. The number of hydrogen-bond acceptors (Lipinski definition) is 4. The highest BCUT2D eigenvalue weighted by atomic mass is 19.1. The third-order valence-electron chi connectivity index (χ3n) is 3.14. The molecule has 0 radical (unpaired) electrons. The zero-order valence-electron chi connectivity index (χ0n) is 13.2. The molecule has 1 aliphatic rings. The Labute approximate surface area is 130 Å². The molecule has 0 aromatic heterocycles. The smallest absolute Gasteiger partial charge is 0.412 e. The fourth-order valence-electron chi connectivity index (χ4n) is 2.23. The summed E-state index contributed by atoms with van der Waals surface area (Å²) < 4.78 is 24.1. The monoisotopic (exact) mass is 310 g/mol. The standard InChI is InChI=1S/C16H23FN2O3/c1-16(2,3)22-15(20)19-13-7-6-11(17)9-14(13)18-12-5-4-8-21-10-12/h6-7,9,12,18H,4-5,8,10H2,1-3H3,(H,19,20). The molecule has 1 aromatic rings. The first-order chi connectivity index (χ1) is 10.3. The van der Waals surface area contributed by atoms with E-state index in [0.29, 0.717) is 18.0 Å². The molecule has 1 atom stereocenters. The number of halogens is 1. The summed E-state index contributed by atoms with van der Waals surface area (Å²) in [5.41, 5.74) is 0.428. The second-order valence-electron chi connectivity index (χ2n) is 6.38. The summed E-state index contributed by atoms with van der Waals surface area (Å²) in [5.74, 6) is -0.367. The number of carbonyl (C=O) groups excluding carboxylic acids is 1. The highest BCUT2D eigenvalue weighted by molar-refractivity contribution is 5.89. The van der Waals surface area contributed by atoms with Crippen molar-refractivity contribution in [1.82, 2.24) is 0 Å². The normalized spacial score (nSPS) is 18.6. The minimum atomic E-state index is -0.588. The minimum Gasteiger partial charge on any atom is -0.444 e. The van der Waals surface area contributed by atoms with E-state index >= 15 is 0 Å². The van der Waals surface area contributed by atoms with Gasteiger partial charge in [0.05, 0.1) is 18.0 Å². The number of hydrogen-bond donors (Lipinski definition) is 2. The zero-order valence-corrected chi connectivity index (χ0v) is 13.2. The number of anilines is 2. The molecule has 1 amide bonds. The summed E-state index contributed by atoms with van der Waals surface area (Å²) in [4.78, 5) is 11.9. The highest BCUT2D eigenvalue weighted by Gasteiger charge is 2.19. The van der Waals surface area contributed by atoms with E-state index in [1.807, 2.05) is 0 Å². The van der Waals surface area contributed by atoms with Crippen molar-refractivity contribution in [2.24, 2.45) is 0 Å². The van der Waals surface area contributed by atoms with Crippen molar-refractivity contribution in [1.29, 1.82) is 0 Å². The SMILES string of the molecule is CC(C)(C)OC(=O)Nc1ccc(F)cc1NC1CCCOC1. The summed E-state index contributed by atoms with van der Waals surface area (Å²) >= 11 is 0. The molecule has 1 aromatic carbocycles. The molecule has 1 aliphatic heterocycles. The van der Waals surface area contributed by atoms with Crippen LogP contribution in [0.3, 0.4) is 0 Å². The number of rotatable bonds is 3. The molecule has 122 valence electrons. The summed E-state index contributed by atoms with van der Waals surface area (Å²) in [6, 6.07) is 4.29. The van der Waals surface area contributed by atoms with Crippen molar-refractivity contribution < 1.29 is 18.7 Å². The molecule has 1 heterocycles. The Morgan fingerprint density at radius 2 is 2.14 bits per heavy atom. The van der Waals surface area contributed by atoms with E-state index in [2.05, 4.69) is 10.6 Å². The molecule has 0 aliphatic carbocycles. The number of ether oxygens (including phenoxy) is 2. The maximum Gasteiger partial charge on any atom is 0.412 e. The Hall–Kier alpha value is -1.82. The van der Waals surface area contributed by atoms with Gasteiger partial charge in [0.1, 0.15) is 11.4 Å². The molecule has 0 bridgehead atoms. The Morgan fingerprint density at radius 3 is 2.77 bits per heavy atom. The lowest BCUT2D eigenvalue weighted by molar-refractivity contribution is 0.0636. The van der Waals surface area contributed by atoms with E-state index in [0.717, 1.165) is 19.4 Å². The van der Waals surface area contributed by atoms with Crippen molar-refractivity contribution >= 4 is 17.5 Å². The predicted molar refractivity (Wildman–Crippen MR) is 83.7 cm³/mol. The first kappa shape index (κ1) is 16.5. The van der Waals surface area contributed by atoms with Crippen LogP contribution in [0.25, 0.3) is 0 Å². The van der Waals surface area contributed by atoms with Gasteiger partial charge in [0.15, 0.2) is 0 Å². The summed E-state index contributed by atoms with van der Waals surface area (Å²) in [5, 5.41) is 5.88. The third kappa shape index (κ3) is 5.18. The van der Waals surface area contributed by atoms with Gasteiger partial charge in [-0.2, -0.15) is 0 Å². The lowest BCUT2D eigenvalue weighted by atomic mass is 10.1. The molecular weight excluding hydrogens is 287 g/mol. The fraction of sp³-hybridized carbons (Fsp3) is 0.562. The lowest BCUT2D eigenvalue weighted by Crippen LogP contribution is -2.31. The van der Waals surface area contributed by atoms with E-state index in [1.165, 1.54) is 18.2 Å². The van der Waals surface area contributed by atoms with Crippen molar-refractivity contribution in [2.75, 3.05) is 23.8 Å². The molecular formula is C16H23FN2O3. The van der Waals surface area contributed by atoms with Gasteiger partial charge in [-0.15, -0.1) is 0 Å². The van der Waals surface area contributed by atoms with Crippen LogP contribution in [0.15, 0.2) is 18.2 Å². The van der Waals surface area contributed by atoms with Crippen LogP contribution in [-0.4, -0.2) is 30.9 Å².